The zero-order valence-corrected chi connectivity index (χ0v) is 17.5. The van der Waals surface area contributed by atoms with Crippen molar-refractivity contribution < 1.29 is 37.0 Å². The van der Waals surface area contributed by atoms with Crippen molar-refractivity contribution in [2.24, 2.45) is 0 Å². The maximum atomic E-state index is 12.4. The lowest BCUT2D eigenvalue weighted by atomic mass is 10.1. The first-order chi connectivity index (χ1) is 14.7. The average molecular weight is 448 g/mol. The van der Waals surface area contributed by atoms with Crippen LogP contribution in [-0.2, 0) is 24.3 Å². The van der Waals surface area contributed by atoms with Gasteiger partial charge in [-0.15, -0.1) is 0 Å². The summed E-state index contributed by atoms with van der Waals surface area (Å²) in [6.07, 6.45) is 0. The number of ether oxygens (including phenoxy) is 3. The van der Waals surface area contributed by atoms with Crippen molar-refractivity contribution >= 4 is 33.4 Å². The van der Waals surface area contributed by atoms with Gasteiger partial charge in [-0.3, -0.25) is 14.4 Å². The van der Waals surface area contributed by atoms with E-state index in [1.54, 1.807) is 0 Å². The van der Waals surface area contributed by atoms with Crippen molar-refractivity contribution in [2.75, 3.05) is 25.6 Å². The van der Waals surface area contributed by atoms with Crippen LogP contribution >= 0.6 is 0 Å². The molecule has 31 heavy (non-hydrogen) atoms. The Morgan fingerprint density at radius 2 is 1.90 bits per heavy atom. The molecule has 1 atom stereocenters. The van der Waals surface area contributed by atoms with E-state index in [-0.39, 0.29) is 23.0 Å². The zero-order valence-electron chi connectivity index (χ0n) is 16.7. The first-order valence-corrected chi connectivity index (χ1v) is 10.6. The number of Topliss-reactive ketones (excluding diaryl/α,β-unsaturated/α-hetero) is 1. The van der Waals surface area contributed by atoms with Crippen LogP contribution in [0.25, 0.3) is 0 Å². The fourth-order valence-corrected chi connectivity index (χ4v) is 3.90. The third-order valence-corrected chi connectivity index (χ3v) is 5.89. The number of benzene rings is 2. The lowest BCUT2D eigenvalue weighted by Gasteiger charge is -2.18. The number of hydrogen-bond donors (Lipinski definition) is 2. The number of nitrogens with one attached hydrogen (secondary N) is 2. The minimum absolute atomic E-state index is 0.0534. The van der Waals surface area contributed by atoms with Crippen LogP contribution in [0.15, 0.2) is 47.4 Å². The molecule has 0 saturated heterocycles. The number of carbonyl (C=O) groups is 3. The third kappa shape index (κ3) is 5.38. The highest BCUT2D eigenvalue weighted by atomic mass is 32.2. The van der Waals surface area contributed by atoms with E-state index in [0.29, 0.717) is 17.2 Å². The van der Waals surface area contributed by atoms with E-state index in [1.807, 2.05) is 0 Å². The van der Waals surface area contributed by atoms with Gasteiger partial charge in [-0.2, -0.15) is 4.72 Å². The molecule has 0 unspecified atom stereocenters. The van der Waals surface area contributed by atoms with E-state index in [2.05, 4.69) is 10.0 Å². The molecule has 0 fully saturated rings. The second kappa shape index (κ2) is 9.14. The van der Waals surface area contributed by atoms with Gasteiger partial charge in [-0.05, 0) is 49.4 Å². The van der Waals surface area contributed by atoms with Gasteiger partial charge in [-0.1, -0.05) is 0 Å². The quantitative estimate of drug-likeness (QED) is 0.453. The lowest BCUT2D eigenvalue weighted by Crippen LogP contribution is -2.40. The summed E-state index contributed by atoms with van der Waals surface area (Å²) >= 11 is 0. The molecule has 0 aliphatic carbocycles. The maximum absolute atomic E-state index is 12.4. The maximum Gasteiger partial charge on any atom is 0.324 e. The molecule has 0 bridgehead atoms. The molecule has 2 N–H and O–H groups in total. The SMILES string of the molecule is COc1ccc(S(=O)(=O)N[C@@H](C)C(=O)OCC(=O)c2ccc3c(c2)NC(=O)CO3)cc1. The minimum Gasteiger partial charge on any atom is -0.497 e. The topological polar surface area (TPSA) is 137 Å². The highest BCUT2D eigenvalue weighted by Gasteiger charge is 2.24. The molecule has 0 saturated carbocycles. The van der Waals surface area contributed by atoms with Crippen LogP contribution in [0.2, 0.25) is 0 Å². The molecule has 1 heterocycles. The summed E-state index contributed by atoms with van der Waals surface area (Å²) in [4.78, 5) is 35.8. The Kier molecular flexibility index (Phi) is 6.56. The van der Waals surface area contributed by atoms with Gasteiger partial charge in [-0.25, -0.2) is 8.42 Å². The van der Waals surface area contributed by atoms with Crippen LogP contribution in [0.5, 0.6) is 11.5 Å². The van der Waals surface area contributed by atoms with E-state index in [0.717, 1.165) is 0 Å². The van der Waals surface area contributed by atoms with Crippen LogP contribution in [0.1, 0.15) is 17.3 Å². The van der Waals surface area contributed by atoms with Crippen molar-refractivity contribution in [3.63, 3.8) is 0 Å². The minimum atomic E-state index is -3.98. The number of hydrogen-bond acceptors (Lipinski definition) is 8. The molecule has 2 aromatic rings. The van der Waals surface area contributed by atoms with Gasteiger partial charge in [0, 0.05) is 5.56 Å². The van der Waals surface area contributed by atoms with Crippen molar-refractivity contribution in [1.29, 1.82) is 0 Å². The lowest BCUT2D eigenvalue weighted by molar-refractivity contribution is -0.144. The first-order valence-electron chi connectivity index (χ1n) is 9.12. The summed E-state index contributed by atoms with van der Waals surface area (Å²) in [5.74, 6) is -0.879. The molecule has 2 aromatic carbocycles. The van der Waals surface area contributed by atoms with E-state index >= 15 is 0 Å². The van der Waals surface area contributed by atoms with Gasteiger partial charge in [0.1, 0.15) is 17.5 Å². The Balaban J connectivity index is 1.57. The van der Waals surface area contributed by atoms with Crippen LogP contribution in [-0.4, -0.2) is 52.4 Å². The summed E-state index contributed by atoms with van der Waals surface area (Å²) in [7, 11) is -2.53. The first kappa shape index (κ1) is 22.2. The Morgan fingerprint density at radius 3 is 2.58 bits per heavy atom. The molecule has 1 aliphatic heterocycles. The normalized spacial score (nSPS) is 13.9. The second-order valence-electron chi connectivity index (χ2n) is 6.60. The number of methoxy groups -OCH3 is 1. The second-order valence-corrected chi connectivity index (χ2v) is 8.31. The zero-order chi connectivity index (χ0) is 22.6. The van der Waals surface area contributed by atoms with E-state index in [4.69, 9.17) is 14.2 Å². The molecule has 1 aliphatic rings. The molecule has 0 aromatic heterocycles. The third-order valence-electron chi connectivity index (χ3n) is 4.34. The smallest absolute Gasteiger partial charge is 0.324 e. The van der Waals surface area contributed by atoms with Crippen LogP contribution < -0.4 is 19.5 Å². The predicted molar refractivity (Wildman–Crippen MR) is 109 cm³/mol. The standard InChI is InChI=1S/C20H20N2O8S/c1-12(22-31(26,27)15-6-4-14(28-2)5-7-15)20(25)30-10-17(23)13-3-8-18-16(9-13)21-19(24)11-29-18/h3-9,12,22H,10-11H2,1-2H3,(H,21,24)/t12-/m0/s1. The largest absolute Gasteiger partial charge is 0.497 e. The monoisotopic (exact) mass is 448 g/mol. The molecular weight excluding hydrogens is 428 g/mol. The average Bonchev–Trinajstić information content (AvgIpc) is 2.76. The van der Waals surface area contributed by atoms with Gasteiger partial charge in [0.25, 0.3) is 5.91 Å². The summed E-state index contributed by atoms with van der Waals surface area (Å²) in [6, 6.07) is 8.81. The number of rotatable bonds is 8. The fraction of sp³-hybridized carbons (Fsp3) is 0.250. The van der Waals surface area contributed by atoms with E-state index < -0.39 is 34.4 Å². The van der Waals surface area contributed by atoms with Gasteiger partial charge < -0.3 is 19.5 Å². The van der Waals surface area contributed by atoms with Crippen LogP contribution in [0, 0.1) is 0 Å². The molecule has 3 rings (SSSR count). The van der Waals surface area contributed by atoms with Gasteiger partial charge in [0.2, 0.25) is 10.0 Å². The van der Waals surface area contributed by atoms with Crippen molar-refractivity contribution in [3.8, 4) is 11.5 Å². The van der Waals surface area contributed by atoms with E-state index in [9.17, 15) is 22.8 Å². The number of amides is 1. The van der Waals surface area contributed by atoms with Gasteiger partial charge in [0.15, 0.2) is 19.0 Å². The summed E-state index contributed by atoms with van der Waals surface area (Å²) in [5, 5.41) is 2.58. The number of esters is 1. The van der Waals surface area contributed by atoms with Crippen LogP contribution in [0.3, 0.4) is 0 Å². The molecule has 0 radical (unpaired) electrons. The molecule has 0 spiro atoms. The number of carbonyl (C=O) groups excluding carboxylic acids is 3. The fourth-order valence-electron chi connectivity index (χ4n) is 2.71. The molecule has 1 amide bonds. The highest BCUT2D eigenvalue weighted by molar-refractivity contribution is 7.89. The molecule has 10 nitrogen and oxygen atoms in total. The van der Waals surface area contributed by atoms with Crippen LogP contribution in [0.4, 0.5) is 5.69 Å². The summed E-state index contributed by atoms with van der Waals surface area (Å²) < 4.78 is 42.1. The van der Waals surface area contributed by atoms with Gasteiger partial charge in [0.05, 0.1) is 17.7 Å². The number of sulfonamides is 1. The molecule has 164 valence electrons. The predicted octanol–water partition coefficient (Wildman–Crippen LogP) is 1.12. The van der Waals surface area contributed by atoms with Crippen molar-refractivity contribution in [2.45, 2.75) is 17.9 Å². The van der Waals surface area contributed by atoms with E-state index in [1.165, 1.54) is 56.5 Å². The van der Waals surface area contributed by atoms with Crippen molar-refractivity contribution in [1.82, 2.24) is 4.72 Å². The Morgan fingerprint density at radius 1 is 1.19 bits per heavy atom. The molecular formula is C20H20N2O8S. The Hall–Kier alpha value is -3.44. The summed E-state index contributed by atoms with van der Waals surface area (Å²) in [6.45, 7) is 0.600. The Labute approximate surface area is 178 Å². The number of fused-ring (bicyclic) bond motifs is 1. The highest BCUT2D eigenvalue weighted by Crippen LogP contribution is 2.28. The molecule has 11 heteroatoms. The Bertz CT molecular complexity index is 1110. The summed E-state index contributed by atoms with van der Waals surface area (Å²) in [5.41, 5.74) is 0.540. The number of anilines is 1. The van der Waals surface area contributed by atoms with Crippen molar-refractivity contribution in [3.05, 3.63) is 48.0 Å². The van der Waals surface area contributed by atoms with Gasteiger partial charge >= 0.3 is 5.97 Å². The number of ketones is 1.